The van der Waals surface area contributed by atoms with Crippen molar-refractivity contribution < 1.29 is 9.30 Å². The number of nitrogens with zero attached hydrogens (tertiary/aromatic N) is 2. The van der Waals surface area contributed by atoms with Crippen LogP contribution in [0.1, 0.15) is 38.2 Å². The molecule has 1 aromatic heterocycles. The zero-order chi connectivity index (χ0) is 14.0. The Balaban J connectivity index is 1.70. The minimum absolute atomic E-state index is 0.647. The molecule has 108 valence electrons. The highest BCUT2D eigenvalue weighted by molar-refractivity contribution is 5.13. The van der Waals surface area contributed by atoms with Gasteiger partial charge in [0.05, 0.1) is 6.61 Å². The summed E-state index contributed by atoms with van der Waals surface area (Å²) in [7, 11) is 0. The van der Waals surface area contributed by atoms with E-state index < -0.39 is 0 Å². The van der Waals surface area contributed by atoms with Crippen LogP contribution in [0.3, 0.4) is 0 Å². The average Bonchev–Trinajstić information content (AvgIpc) is 2.91. The van der Waals surface area contributed by atoms with Crippen molar-refractivity contribution in [2.75, 3.05) is 6.61 Å². The van der Waals surface area contributed by atoms with Crippen LogP contribution >= 0.6 is 0 Å². The van der Waals surface area contributed by atoms with Gasteiger partial charge in [-0.05, 0) is 12.0 Å². The van der Waals surface area contributed by atoms with Crippen molar-refractivity contribution in [3.63, 3.8) is 0 Å². The van der Waals surface area contributed by atoms with Crippen LogP contribution in [0.15, 0.2) is 49.1 Å². The van der Waals surface area contributed by atoms with Gasteiger partial charge in [0.2, 0.25) is 6.33 Å². The van der Waals surface area contributed by atoms with E-state index in [9.17, 15) is 0 Å². The van der Waals surface area contributed by atoms with E-state index >= 15 is 0 Å². The first-order valence-electron chi connectivity index (χ1n) is 7.55. The molecule has 0 aliphatic heterocycles. The van der Waals surface area contributed by atoms with Gasteiger partial charge in [-0.25, -0.2) is 9.13 Å². The molecular formula is C17H25N2O+. The molecule has 1 aromatic carbocycles. The van der Waals surface area contributed by atoms with Crippen molar-refractivity contribution in [2.24, 2.45) is 0 Å². The maximum atomic E-state index is 5.68. The zero-order valence-corrected chi connectivity index (χ0v) is 12.4. The molecule has 3 heteroatoms. The first-order chi connectivity index (χ1) is 9.88. The molecule has 0 fully saturated rings. The SMILES string of the molecule is CCCCCCOCn1cc[n+](Cc2ccccc2)c1. The van der Waals surface area contributed by atoms with Crippen LogP contribution in [0.2, 0.25) is 0 Å². The average molecular weight is 273 g/mol. The molecule has 0 unspecified atom stereocenters. The van der Waals surface area contributed by atoms with Gasteiger partial charge in [-0.15, -0.1) is 0 Å². The Morgan fingerprint density at radius 2 is 1.95 bits per heavy atom. The van der Waals surface area contributed by atoms with Crippen molar-refractivity contribution in [3.05, 3.63) is 54.6 Å². The van der Waals surface area contributed by atoms with Gasteiger partial charge in [-0.2, -0.15) is 0 Å². The molecule has 0 atom stereocenters. The Bertz CT molecular complexity index is 479. The van der Waals surface area contributed by atoms with Gasteiger partial charge in [0.25, 0.3) is 0 Å². The monoisotopic (exact) mass is 273 g/mol. The van der Waals surface area contributed by atoms with Gasteiger partial charge in [-0.1, -0.05) is 56.5 Å². The summed E-state index contributed by atoms with van der Waals surface area (Å²) in [4.78, 5) is 0. The number of benzene rings is 1. The van der Waals surface area contributed by atoms with E-state index in [4.69, 9.17) is 4.74 Å². The maximum Gasteiger partial charge on any atom is 0.245 e. The fraction of sp³-hybridized carbons (Fsp3) is 0.471. The van der Waals surface area contributed by atoms with E-state index in [2.05, 4.69) is 59.0 Å². The van der Waals surface area contributed by atoms with Crippen LogP contribution < -0.4 is 4.57 Å². The molecular weight excluding hydrogens is 248 g/mol. The van der Waals surface area contributed by atoms with Crippen LogP contribution in [0.25, 0.3) is 0 Å². The maximum absolute atomic E-state index is 5.68. The van der Waals surface area contributed by atoms with Gasteiger partial charge in [0.15, 0.2) is 6.73 Å². The smallest absolute Gasteiger partial charge is 0.245 e. The fourth-order valence-electron chi connectivity index (χ4n) is 2.20. The van der Waals surface area contributed by atoms with Crippen LogP contribution in [-0.4, -0.2) is 11.2 Å². The van der Waals surface area contributed by atoms with E-state index in [0.29, 0.717) is 6.73 Å². The molecule has 1 heterocycles. The van der Waals surface area contributed by atoms with E-state index in [1.807, 2.05) is 6.07 Å². The summed E-state index contributed by atoms with van der Waals surface area (Å²) >= 11 is 0. The van der Waals surface area contributed by atoms with Gasteiger partial charge >= 0.3 is 0 Å². The predicted octanol–water partition coefficient (Wildman–Crippen LogP) is 3.38. The summed E-state index contributed by atoms with van der Waals surface area (Å²) < 4.78 is 9.94. The third-order valence-corrected chi connectivity index (χ3v) is 3.34. The Kier molecular flexibility index (Phi) is 6.32. The Morgan fingerprint density at radius 3 is 2.75 bits per heavy atom. The lowest BCUT2D eigenvalue weighted by molar-refractivity contribution is -0.688. The van der Waals surface area contributed by atoms with Crippen molar-refractivity contribution in [2.45, 2.75) is 45.9 Å². The molecule has 0 aliphatic carbocycles. The van der Waals surface area contributed by atoms with Crippen LogP contribution in [0.5, 0.6) is 0 Å². The molecule has 0 saturated carbocycles. The first-order valence-corrected chi connectivity index (χ1v) is 7.55. The van der Waals surface area contributed by atoms with Crippen LogP contribution in [-0.2, 0) is 18.0 Å². The molecule has 3 nitrogen and oxygen atoms in total. The topological polar surface area (TPSA) is 18.0 Å². The van der Waals surface area contributed by atoms with Crippen molar-refractivity contribution >= 4 is 0 Å². The highest BCUT2D eigenvalue weighted by Gasteiger charge is 2.04. The summed E-state index contributed by atoms with van der Waals surface area (Å²) in [6.45, 7) is 4.64. The van der Waals surface area contributed by atoms with Gasteiger partial charge in [0, 0.05) is 0 Å². The van der Waals surface area contributed by atoms with Crippen LogP contribution in [0.4, 0.5) is 0 Å². The third kappa shape index (κ3) is 5.17. The lowest BCUT2D eigenvalue weighted by atomic mass is 10.2. The Hall–Kier alpha value is -1.61. The molecule has 0 radical (unpaired) electrons. The second kappa shape index (κ2) is 8.54. The van der Waals surface area contributed by atoms with Crippen LogP contribution in [0, 0.1) is 0 Å². The Morgan fingerprint density at radius 1 is 1.10 bits per heavy atom. The van der Waals surface area contributed by atoms with E-state index in [-0.39, 0.29) is 0 Å². The normalized spacial score (nSPS) is 10.8. The number of unbranched alkanes of at least 4 members (excludes halogenated alkanes) is 3. The van der Waals surface area contributed by atoms with Gasteiger partial charge < -0.3 is 4.74 Å². The minimum Gasteiger partial charge on any atom is -0.342 e. The zero-order valence-electron chi connectivity index (χ0n) is 12.4. The summed E-state index contributed by atoms with van der Waals surface area (Å²) in [6.07, 6.45) is 11.3. The lowest BCUT2D eigenvalue weighted by Crippen LogP contribution is -2.31. The molecule has 0 N–H and O–H groups in total. The van der Waals surface area contributed by atoms with Gasteiger partial charge in [-0.3, -0.25) is 0 Å². The van der Waals surface area contributed by atoms with Crippen molar-refractivity contribution in [3.8, 4) is 0 Å². The summed E-state index contributed by atoms with van der Waals surface area (Å²) in [5.41, 5.74) is 1.32. The number of imidazole rings is 1. The van der Waals surface area contributed by atoms with Crippen molar-refractivity contribution in [1.82, 2.24) is 4.57 Å². The Labute approximate surface area is 121 Å². The number of hydrogen-bond donors (Lipinski definition) is 0. The largest absolute Gasteiger partial charge is 0.342 e. The lowest BCUT2D eigenvalue weighted by Gasteiger charge is -2.01. The minimum atomic E-state index is 0.647. The molecule has 0 bridgehead atoms. The van der Waals surface area contributed by atoms with Gasteiger partial charge in [0.1, 0.15) is 18.9 Å². The standard InChI is InChI=1S/C17H25N2O/c1-2-3-4-8-13-20-16-19-12-11-18(15-19)14-17-9-6-5-7-10-17/h5-7,9-12,15H,2-4,8,13-14,16H2,1H3/q+1. The summed E-state index contributed by atoms with van der Waals surface area (Å²) in [5.74, 6) is 0. The number of hydrogen-bond acceptors (Lipinski definition) is 1. The first kappa shape index (κ1) is 14.8. The number of ether oxygens (including phenoxy) is 1. The number of rotatable bonds is 9. The fourth-order valence-corrected chi connectivity index (χ4v) is 2.20. The quantitative estimate of drug-likeness (QED) is 0.506. The molecule has 2 rings (SSSR count). The summed E-state index contributed by atoms with van der Waals surface area (Å²) in [5, 5.41) is 0. The molecule has 0 aliphatic rings. The summed E-state index contributed by atoms with van der Waals surface area (Å²) in [6, 6.07) is 10.5. The second-order valence-corrected chi connectivity index (χ2v) is 5.18. The molecule has 0 spiro atoms. The molecule has 2 aromatic rings. The number of aromatic nitrogens is 2. The van der Waals surface area contributed by atoms with E-state index in [0.717, 1.165) is 13.2 Å². The third-order valence-electron chi connectivity index (χ3n) is 3.34. The second-order valence-electron chi connectivity index (χ2n) is 5.18. The highest BCUT2D eigenvalue weighted by atomic mass is 16.5. The predicted molar refractivity (Wildman–Crippen MR) is 80.3 cm³/mol. The molecule has 0 amide bonds. The molecule has 0 saturated heterocycles. The van der Waals surface area contributed by atoms with E-state index in [1.54, 1.807) is 0 Å². The van der Waals surface area contributed by atoms with E-state index in [1.165, 1.54) is 31.2 Å². The van der Waals surface area contributed by atoms with Crippen molar-refractivity contribution in [1.29, 1.82) is 0 Å². The molecule has 20 heavy (non-hydrogen) atoms. The highest BCUT2D eigenvalue weighted by Crippen LogP contribution is 2.00.